The third-order valence-electron chi connectivity index (χ3n) is 2.18. The molecular weight excluding hydrogens is 243 g/mol. The van der Waals surface area contributed by atoms with Crippen molar-refractivity contribution in [2.45, 2.75) is 17.7 Å². The fourth-order valence-corrected chi connectivity index (χ4v) is 2.26. The van der Waals surface area contributed by atoms with Crippen molar-refractivity contribution in [2.24, 2.45) is 0 Å². The highest BCUT2D eigenvalue weighted by Crippen LogP contribution is 2.24. The Morgan fingerprint density at radius 1 is 1.47 bits per heavy atom. The first-order valence-corrected chi connectivity index (χ1v) is 6.28. The maximum Gasteiger partial charge on any atom is 0.335 e. The Morgan fingerprint density at radius 3 is 2.88 bits per heavy atom. The monoisotopic (exact) mass is 258 g/mol. The first-order chi connectivity index (χ1) is 8.15. The molecule has 0 saturated heterocycles. The van der Waals surface area contributed by atoms with Crippen LogP contribution in [-0.2, 0) is 4.74 Å². The highest BCUT2D eigenvalue weighted by Gasteiger charge is 2.08. The summed E-state index contributed by atoms with van der Waals surface area (Å²) < 4.78 is 18.3. The van der Waals surface area contributed by atoms with Crippen molar-refractivity contribution in [3.05, 3.63) is 29.6 Å². The molecule has 0 aliphatic heterocycles. The number of methoxy groups -OCH3 is 1. The molecule has 1 rings (SSSR count). The third-order valence-corrected chi connectivity index (χ3v) is 3.30. The van der Waals surface area contributed by atoms with E-state index in [1.807, 2.05) is 0 Å². The molecule has 0 bridgehead atoms. The number of aromatic carboxylic acids is 1. The Labute approximate surface area is 104 Å². The zero-order valence-electron chi connectivity index (χ0n) is 9.61. The quantitative estimate of drug-likeness (QED) is 0.603. The van der Waals surface area contributed by atoms with Crippen LogP contribution in [0, 0.1) is 5.82 Å². The smallest absolute Gasteiger partial charge is 0.335 e. The number of carboxylic acids is 1. The van der Waals surface area contributed by atoms with Gasteiger partial charge in [-0.3, -0.25) is 0 Å². The molecule has 0 fully saturated rings. The van der Waals surface area contributed by atoms with Gasteiger partial charge < -0.3 is 9.84 Å². The van der Waals surface area contributed by atoms with Gasteiger partial charge >= 0.3 is 5.97 Å². The number of hydrogen-bond acceptors (Lipinski definition) is 3. The van der Waals surface area contributed by atoms with Gasteiger partial charge in [-0.15, -0.1) is 11.8 Å². The first kappa shape index (κ1) is 14.0. The number of benzene rings is 1. The van der Waals surface area contributed by atoms with Gasteiger partial charge in [0.1, 0.15) is 5.82 Å². The Hall–Kier alpha value is -1.07. The van der Waals surface area contributed by atoms with Gasteiger partial charge in [0, 0.05) is 18.6 Å². The Kier molecular flexibility index (Phi) is 6.00. The van der Waals surface area contributed by atoms with E-state index >= 15 is 0 Å². The molecule has 1 aromatic rings. The molecule has 0 aliphatic carbocycles. The van der Waals surface area contributed by atoms with Crippen LogP contribution in [0.5, 0.6) is 0 Å². The van der Waals surface area contributed by atoms with E-state index in [-0.39, 0.29) is 11.4 Å². The van der Waals surface area contributed by atoms with E-state index in [9.17, 15) is 9.18 Å². The van der Waals surface area contributed by atoms with Crippen LogP contribution in [-0.4, -0.2) is 30.5 Å². The highest BCUT2D eigenvalue weighted by atomic mass is 32.2. The lowest BCUT2D eigenvalue weighted by Crippen LogP contribution is -1.97. The second kappa shape index (κ2) is 7.29. The number of unbranched alkanes of at least 4 members (excludes halogenated alkanes) is 1. The molecule has 0 aromatic heterocycles. The van der Waals surface area contributed by atoms with Crippen molar-refractivity contribution in [1.29, 1.82) is 0 Å². The van der Waals surface area contributed by atoms with Gasteiger partial charge in [-0.1, -0.05) is 0 Å². The van der Waals surface area contributed by atoms with Crippen LogP contribution >= 0.6 is 11.8 Å². The molecule has 0 atom stereocenters. The van der Waals surface area contributed by atoms with Crippen LogP contribution in [0.15, 0.2) is 23.1 Å². The fraction of sp³-hybridized carbons (Fsp3) is 0.417. The van der Waals surface area contributed by atoms with Crippen molar-refractivity contribution in [2.75, 3.05) is 19.5 Å². The van der Waals surface area contributed by atoms with Crippen molar-refractivity contribution < 1.29 is 19.0 Å². The molecule has 1 aromatic carbocycles. The Balaban J connectivity index is 2.51. The SMILES string of the molecule is COCCCCSc1cc(C(=O)O)ccc1F. The molecular formula is C12H15FO3S. The minimum atomic E-state index is -1.04. The molecule has 0 spiro atoms. The van der Waals surface area contributed by atoms with E-state index in [2.05, 4.69) is 0 Å². The molecule has 0 amide bonds. The van der Waals surface area contributed by atoms with Crippen LogP contribution < -0.4 is 0 Å². The maximum absolute atomic E-state index is 13.4. The zero-order valence-corrected chi connectivity index (χ0v) is 10.4. The predicted molar refractivity (Wildman–Crippen MR) is 65.2 cm³/mol. The van der Waals surface area contributed by atoms with Gasteiger partial charge in [-0.05, 0) is 36.8 Å². The normalized spacial score (nSPS) is 10.5. The third kappa shape index (κ3) is 4.75. The van der Waals surface area contributed by atoms with E-state index in [0.717, 1.165) is 18.6 Å². The van der Waals surface area contributed by atoms with E-state index in [1.54, 1.807) is 7.11 Å². The van der Waals surface area contributed by atoms with E-state index < -0.39 is 5.97 Å². The summed E-state index contributed by atoms with van der Waals surface area (Å²) in [5, 5.41) is 8.79. The van der Waals surface area contributed by atoms with E-state index in [4.69, 9.17) is 9.84 Å². The van der Waals surface area contributed by atoms with Crippen molar-refractivity contribution >= 4 is 17.7 Å². The van der Waals surface area contributed by atoms with Gasteiger partial charge in [0.2, 0.25) is 0 Å². The fourth-order valence-electron chi connectivity index (χ4n) is 1.28. The average Bonchev–Trinajstić information content (AvgIpc) is 2.30. The van der Waals surface area contributed by atoms with Gasteiger partial charge in [-0.25, -0.2) is 9.18 Å². The summed E-state index contributed by atoms with van der Waals surface area (Å²) in [4.78, 5) is 11.1. The van der Waals surface area contributed by atoms with Gasteiger partial charge in [0.15, 0.2) is 0 Å². The number of rotatable bonds is 7. The summed E-state index contributed by atoms with van der Waals surface area (Å²) in [5.74, 6) is -0.651. The minimum absolute atomic E-state index is 0.116. The molecule has 0 saturated carbocycles. The number of carbonyl (C=O) groups is 1. The molecule has 0 aliphatic rings. The standard InChI is InChI=1S/C12H15FO3S/c1-16-6-2-3-7-17-11-8-9(12(14)15)4-5-10(11)13/h4-5,8H,2-3,6-7H2,1H3,(H,14,15). The zero-order chi connectivity index (χ0) is 12.7. The summed E-state index contributed by atoms with van der Waals surface area (Å²) >= 11 is 1.34. The van der Waals surface area contributed by atoms with E-state index in [1.165, 1.54) is 30.0 Å². The summed E-state index contributed by atoms with van der Waals surface area (Å²) in [6, 6.07) is 3.84. The first-order valence-electron chi connectivity index (χ1n) is 5.29. The molecule has 5 heteroatoms. The Morgan fingerprint density at radius 2 is 2.24 bits per heavy atom. The van der Waals surface area contributed by atoms with Crippen molar-refractivity contribution in [3.8, 4) is 0 Å². The van der Waals surface area contributed by atoms with Crippen LogP contribution in [0.1, 0.15) is 23.2 Å². The number of hydrogen-bond donors (Lipinski definition) is 1. The lowest BCUT2D eigenvalue weighted by molar-refractivity contribution is 0.0696. The predicted octanol–water partition coefficient (Wildman–Crippen LogP) is 3.04. The molecule has 17 heavy (non-hydrogen) atoms. The topological polar surface area (TPSA) is 46.5 Å². The van der Waals surface area contributed by atoms with Gasteiger partial charge in [-0.2, -0.15) is 0 Å². The second-order valence-electron chi connectivity index (χ2n) is 3.50. The average molecular weight is 258 g/mol. The Bertz CT molecular complexity index is 382. The van der Waals surface area contributed by atoms with Crippen LogP contribution in [0.4, 0.5) is 4.39 Å². The lowest BCUT2D eigenvalue weighted by atomic mass is 10.2. The number of thioether (sulfide) groups is 1. The number of ether oxygens (including phenoxy) is 1. The summed E-state index contributed by atoms with van der Waals surface area (Å²) in [5.41, 5.74) is 0.116. The molecule has 0 unspecified atom stereocenters. The van der Waals surface area contributed by atoms with Crippen LogP contribution in [0.3, 0.4) is 0 Å². The van der Waals surface area contributed by atoms with Crippen molar-refractivity contribution in [1.82, 2.24) is 0 Å². The summed E-state index contributed by atoms with van der Waals surface area (Å²) in [6.45, 7) is 0.693. The number of carboxylic acid groups (broad SMARTS) is 1. The van der Waals surface area contributed by atoms with Crippen molar-refractivity contribution in [3.63, 3.8) is 0 Å². The highest BCUT2D eigenvalue weighted by molar-refractivity contribution is 7.99. The van der Waals surface area contributed by atoms with E-state index in [0.29, 0.717) is 11.5 Å². The minimum Gasteiger partial charge on any atom is -0.478 e. The lowest BCUT2D eigenvalue weighted by Gasteiger charge is -2.04. The van der Waals surface area contributed by atoms with Gasteiger partial charge in [0.25, 0.3) is 0 Å². The number of halogens is 1. The molecule has 1 N–H and O–H groups in total. The summed E-state index contributed by atoms with van der Waals surface area (Å²) in [6.07, 6.45) is 1.83. The second-order valence-corrected chi connectivity index (χ2v) is 4.64. The molecule has 0 heterocycles. The summed E-state index contributed by atoms with van der Waals surface area (Å²) in [7, 11) is 1.64. The largest absolute Gasteiger partial charge is 0.478 e. The van der Waals surface area contributed by atoms with Crippen LogP contribution in [0.2, 0.25) is 0 Å². The molecule has 3 nitrogen and oxygen atoms in total. The van der Waals surface area contributed by atoms with Gasteiger partial charge in [0.05, 0.1) is 5.56 Å². The maximum atomic E-state index is 13.4. The van der Waals surface area contributed by atoms with Crippen LogP contribution in [0.25, 0.3) is 0 Å². The molecule has 0 radical (unpaired) electrons. The molecule has 94 valence electrons.